The highest BCUT2D eigenvalue weighted by Gasteiger charge is 2.38. The van der Waals surface area contributed by atoms with Crippen LogP contribution in [0.25, 0.3) is 58.8 Å². The number of rotatable bonds is 2. The Morgan fingerprint density at radius 1 is 0.615 bits per heavy atom. The average molecular weight is 516 g/mol. The molecule has 2 aliphatic rings. The van der Waals surface area contributed by atoms with Crippen LogP contribution in [-0.2, 0) is 6.42 Å². The summed E-state index contributed by atoms with van der Waals surface area (Å²) in [5.41, 5.74) is 9.70. The topological polar surface area (TPSA) is 4.93 Å². The molecule has 0 aliphatic heterocycles. The highest BCUT2D eigenvalue weighted by Crippen LogP contribution is 2.53. The Morgan fingerprint density at radius 3 is 2.10 bits per heavy atom. The van der Waals surface area contributed by atoms with E-state index in [1.54, 1.807) is 0 Å². The Labute approximate surface area is 230 Å². The van der Waals surface area contributed by atoms with Crippen LogP contribution in [0.1, 0.15) is 17.0 Å². The Balaban J connectivity index is 1.31. The number of aromatic nitrogens is 1. The zero-order chi connectivity index (χ0) is 25.5. The number of allylic oxidation sites excluding steroid dienone is 4. The minimum atomic E-state index is 0.310. The Morgan fingerprint density at radius 2 is 1.28 bits per heavy atom. The van der Waals surface area contributed by atoms with Gasteiger partial charge < -0.3 is 4.57 Å². The first-order chi connectivity index (χ1) is 19.4. The molecular formula is C37H25NS. The minimum Gasteiger partial charge on any atom is -0.312 e. The molecule has 184 valence electrons. The van der Waals surface area contributed by atoms with Gasteiger partial charge in [-0.25, -0.2) is 0 Å². The standard InChI is InChI=1S/C37H25NS/c1-4-18-31-25(12-1)26-13-2-5-19-32(26)38(31)33-20-8-11-24-22-23-10-7-15-28(35(23)36(24)33)30-17-9-16-29-27-14-3-6-21-34(27)39-37(29)30/h1-21,24,36H,22H2. The SMILES string of the molecule is C1=CC2Cc3cccc(-c4cccc5c4sc4ccccc45)c3C2C(n2c3ccccc3c3ccccc32)=C1. The van der Waals surface area contributed by atoms with Gasteiger partial charge in [0.25, 0.3) is 0 Å². The quantitative estimate of drug-likeness (QED) is 0.216. The van der Waals surface area contributed by atoms with Gasteiger partial charge in [0.05, 0.1) is 11.0 Å². The molecule has 0 fully saturated rings. The number of fused-ring (bicyclic) bond motifs is 9. The van der Waals surface area contributed by atoms with E-state index >= 15 is 0 Å². The fourth-order valence-electron chi connectivity index (χ4n) is 7.30. The number of hydrogen-bond acceptors (Lipinski definition) is 1. The molecule has 9 rings (SSSR count). The third kappa shape index (κ3) is 2.95. The molecule has 0 bridgehead atoms. The van der Waals surface area contributed by atoms with Gasteiger partial charge in [-0.05, 0) is 58.9 Å². The highest BCUT2D eigenvalue weighted by atomic mass is 32.1. The molecule has 2 unspecified atom stereocenters. The number of nitrogens with zero attached hydrogens (tertiary/aromatic N) is 1. The van der Waals surface area contributed by atoms with Gasteiger partial charge in [-0.3, -0.25) is 0 Å². The third-order valence-corrected chi connectivity index (χ3v) is 10.1. The normalized spacial score (nSPS) is 18.2. The van der Waals surface area contributed by atoms with Gasteiger partial charge >= 0.3 is 0 Å². The predicted octanol–water partition coefficient (Wildman–Crippen LogP) is 10.2. The Hall–Kier alpha value is -4.40. The second-order valence-electron chi connectivity index (χ2n) is 10.9. The molecule has 0 N–H and O–H groups in total. The van der Waals surface area contributed by atoms with Gasteiger partial charge in [0, 0.05) is 42.6 Å². The lowest BCUT2D eigenvalue weighted by atomic mass is 9.82. The van der Waals surface area contributed by atoms with Crippen LogP contribution in [0, 0.1) is 5.92 Å². The van der Waals surface area contributed by atoms with E-state index in [9.17, 15) is 0 Å². The number of hydrogen-bond donors (Lipinski definition) is 0. The van der Waals surface area contributed by atoms with Crippen LogP contribution in [0.3, 0.4) is 0 Å². The summed E-state index contributed by atoms with van der Waals surface area (Å²) >= 11 is 1.93. The summed E-state index contributed by atoms with van der Waals surface area (Å²) in [4.78, 5) is 0. The van der Waals surface area contributed by atoms with Crippen molar-refractivity contribution in [3.63, 3.8) is 0 Å². The maximum Gasteiger partial charge on any atom is 0.0538 e. The largest absolute Gasteiger partial charge is 0.312 e. The number of benzene rings is 5. The predicted molar refractivity (Wildman–Crippen MR) is 168 cm³/mol. The van der Waals surface area contributed by atoms with Crippen LogP contribution in [0.2, 0.25) is 0 Å². The Bertz CT molecular complexity index is 2120. The lowest BCUT2D eigenvalue weighted by molar-refractivity contribution is 0.628. The second kappa shape index (κ2) is 8.05. The summed E-state index contributed by atoms with van der Waals surface area (Å²) in [5, 5.41) is 5.36. The van der Waals surface area contributed by atoms with Crippen molar-refractivity contribution in [2.24, 2.45) is 5.92 Å². The van der Waals surface area contributed by atoms with E-state index in [2.05, 4.69) is 132 Å². The maximum absolute atomic E-state index is 2.54. The van der Waals surface area contributed by atoms with E-state index in [1.165, 1.54) is 69.9 Å². The van der Waals surface area contributed by atoms with Gasteiger partial charge in [0.2, 0.25) is 0 Å². The van der Waals surface area contributed by atoms with Crippen LogP contribution in [0.4, 0.5) is 0 Å². The average Bonchev–Trinajstić information content (AvgIpc) is 3.66. The van der Waals surface area contributed by atoms with Gasteiger partial charge in [-0.1, -0.05) is 103 Å². The van der Waals surface area contributed by atoms with Crippen molar-refractivity contribution in [2.75, 3.05) is 0 Å². The van der Waals surface area contributed by atoms with Crippen LogP contribution in [0.5, 0.6) is 0 Å². The zero-order valence-corrected chi connectivity index (χ0v) is 22.2. The van der Waals surface area contributed by atoms with Gasteiger partial charge in [-0.2, -0.15) is 0 Å². The first-order valence-corrected chi connectivity index (χ1v) is 14.6. The Kier molecular flexibility index (Phi) is 4.44. The van der Waals surface area contributed by atoms with E-state index in [-0.39, 0.29) is 0 Å². The molecular weight excluding hydrogens is 490 g/mol. The summed E-state index contributed by atoms with van der Waals surface area (Å²) in [5.74, 6) is 0.771. The first kappa shape index (κ1) is 21.5. The zero-order valence-electron chi connectivity index (χ0n) is 21.3. The lowest BCUT2D eigenvalue weighted by Crippen LogP contribution is -2.15. The first-order valence-electron chi connectivity index (χ1n) is 13.8. The van der Waals surface area contributed by atoms with Crippen molar-refractivity contribution in [1.82, 2.24) is 4.57 Å². The minimum absolute atomic E-state index is 0.310. The van der Waals surface area contributed by atoms with Crippen LogP contribution in [0.15, 0.2) is 127 Å². The summed E-state index contributed by atoms with van der Waals surface area (Å²) in [6.07, 6.45) is 8.18. The van der Waals surface area contributed by atoms with Gasteiger partial charge in [-0.15, -0.1) is 11.3 Å². The van der Waals surface area contributed by atoms with Crippen molar-refractivity contribution < 1.29 is 0 Å². The van der Waals surface area contributed by atoms with E-state index < -0.39 is 0 Å². The molecule has 0 radical (unpaired) electrons. The molecule has 0 saturated carbocycles. The molecule has 0 amide bonds. The fourth-order valence-corrected chi connectivity index (χ4v) is 8.53. The van der Waals surface area contributed by atoms with Crippen molar-refractivity contribution in [3.8, 4) is 11.1 Å². The number of thiophene rings is 1. The molecule has 0 saturated heterocycles. The maximum atomic E-state index is 2.54. The summed E-state index contributed by atoms with van der Waals surface area (Å²) in [7, 11) is 0. The van der Waals surface area contributed by atoms with E-state index in [0.717, 1.165) is 6.42 Å². The van der Waals surface area contributed by atoms with E-state index in [1.807, 2.05) is 11.3 Å². The van der Waals surface area contributed by atoms with Crippen molar-refractivity contribution in [3.05, 3.63) is 139 Å². The molecule has 1 nitrogen and oxygen atoms in total. The smallest absolute Gasteiger partial charge is 0.0538 e. The van der Waals surface area contributed by atoms with Crippen LogP contribution in [-0.4, -0.2) is 4.57 Å². The molecule has 2 heterocycles. The monoisotopic (exact) mass is 515 g/mol. The van der Waals surface area contributed by atoms with E-state index in [4.69, 9.17) is 0 Å². The summed E-state index contributed by atoms with van der Waals surface area (Å²) in [6, 6.07) is 40.4. The van der Waals surface area contributed by atoms with Crippen LogP contribution < -0.4 is 0 Å². The van der Waals surface area contributed by atoms with Crippen LogP contribution >= 0.6 is 11.3 Å². The van der Waals surface area contributed by atoms with Crippen molar-refractivity contribution in [1.29, 1.82) is 0 Å². The van der Waals surface area contributed by atoms with Crippen molar-refractivity contribution >= 4 is 59.0 Å². The molecule has 39 heavy (non-hydrogen) atoms. The highest BCUT2D eigenvalue weighted by molar-refractivity contribution is 7.26. The van der Waals surface area contributed by atoms with Gasteiger partial charge in [0.1, 0.15) is 0 Å². The molecule has 7 aromatic rings. The molecule has 5 aromatic carbocycles. The molecule has 2 heteroatoms. The summed E-state index contributed by atoms with van der Waals surface area (Å²) < 4.78 is 5.29. The third-order valence-electron chi connectivity index (χ3n) is 8.87. The summed E-state index contributed by atoms with van der Waals surface area (Å²) in [6.45, 7) is 0. The molecule has 2 aromatic heterocycles. The molecule has 0 spiro atoms. The molecule has 2 aliphatic carbocycles. The van der Waals surface area contributed by atoms with Crippen molar-refractivity contribution in [2.45, 2.75) is 12.3 Å². The second-order valence-corrected chi connectivity index (χ2v) is 11.9. The van der Waals surface area contributed by atoms with Gasteiger partial charge in [0.15, 0.2) is 0 Å². The fraction of sp³-hybridized carbons (Fsp3) is 0.0811. The lowest BCUT2D eigenvalue weighted by Gasteiger charge is -2.28. The molecule has 2 atom stereocenters. The number of para-hydroxylation sites is 2. The van der Waals surface area contributed by atoms with E-state index in [0.29, 0.717) is 11.8 Å².